The minimum absolute atomic E-state index is 0.00196. The third-order valence-electron chi connectivity index (χ3n) is 3.07. The Bertz CT molecular complexity index is 723. The van der Waals surface area contributed by atoms with Crippen LogP contribution in [0.1, 0.15) is 15.9 Å². The molecule has 0 aromatic heterocycles. The predicted octanol–water partition coefficient (Wildman–Crippen LogP) is 4.07. The maximum Gasteiger partial charge on any atom is 0.185 e. The van der Waals surface area contributed by atoms with E-state index < -0.39 is 0 Å². The van der Waals surface area contributed by atoms with Gasteiger partial charge in [-0.3, -0.25) is 4.79 Å². The molecule has 114 valence electrons. The van der Waals surface area contributed by atoms with Gasteiger partial charge in [-0.05, 0) is 57.9 Å². The summed E-state index contributed by atoms with van der Waals surface area (Å²) in [4.78, 5) is 12.1. The number of phenolic OH excluding ortho intramolecular Hbond substituents is 1. The van der Waals surface area contributed by atoms with Crippen LogP contribution in [0, 0.1) is 0 Å². The molecule has 0 spiro atoms. The number of carbonyl (C=O) groups excluding carboxylic acids is 1. The van der Waals surface area contributed by atoms with E-state index in [9.17, 15) is 9.90 Å². The van der Waals surface area contributed by atoms with E-state index in [0.29, 0.717) is 5.56 Å². The number of ketones is 1. The van der Waals surface area contributed by atoms with Crippen LogP contribution in [0.5, 0.6) is 17.2 Å². The van der Waals surface area contributed by atoms with Crippen molar-refractivity contribution >= 4 is 27.8 Å². The number of aromatic hydroxyl groups is 1. The van der Waals surface area contributed by atoms with Gasteiger partial charge in [-0.2, -0.15) is 0 Å². The second kappa shape index (κ2) is 7.13. The van der Waals surface area contributed by atoms with Crippen molar-refractivity contribution in [2.24, 2.45) is 0 Å². The van der Waals surface area contributed by atoms with E-state index in [4.69, 9.17) is 9.47 Å². The van der Waals surface area contributed by atoms with E-state index in [1.807, 2.05) is 18.2 Å². The zero-order valence-electron chi connectivity index (χ0n) is 12.2. The highest BCUT2D eigenvalue weighted by Crippen LogP contribution is 2.27. The van der Waals surface area contributed by atoms with Crippen LogP contribution >= 0.6 is 15.9 Å². The third kappa shape index (κ3) is 3.68. The maximum absolute atomic E-state index is 12.1. The van der Waals surface area contributed by atoms with Gasteiger partial charge < -0.3 is 14.6 Å². The van der Waals surface area contributed by atoms with E-state index in [-0.39, 0.29) is 17.3 Å². The molecule has 0 amide bonds. The van der Waals surface area contributed by atoms with Crippen molar-refractivity contribution in [1.29, 1.82) is 0 Å². The summed E-state index contributed by atoms with van der Waals surface area (Å²) in [6.45, 7) is 0. The van der Waals surface area contributed by atoms with Gasteiger partial charge in [-0.1, -0.05) is 12.1 Å². The van der Waals surface area contributed by atoms with Crippen LogP contribution in [0.4, 0.5) is 0 Å². The topological polar surface area (TPSA) is 55.8 Å². The van der Waals surface area contributed by atoms with E-state index in [1.165, 1.54) is 25.3 Å². The van der Waals surface area contributed by atoms with Crippen LogP contribution in [0.3, 0.4) is 0 Å². The van der Waals surface area contributed by atoms with Gasteiger partial charge in [-0.15, -0.1) is 0 Å². The summed E-state index contributed by atoms with van der Waals surface area (Å²) in [5, 5.41) is 9.53. The molecule has 0 fully saturated rings. The number of allylic oxidation sites excluding steroid dienone is 1. The molecular formula is C17H15BrO4. The summed E-state index contributed by atoms with van der Waals surface area (Å²) < 4.78 is 11.0. The Hall–Kier alpha value is -2.27. The van der Waals surface area contributed by atoms with E-state index in [2.05, 4.69) is 15.9 Å². The fourth-order valence-electron chi connectivity index (χ4n) is 1.89. The molecule has 0 heterocycles. The van der Waals surface area contributed by atoms with E-state index in [1.54, 1.807) is 19.3 Å². The largest absolute Gasteiger partial charge is 0.504 e. The zero-order valence-corrected chi connectivity index (χ0v) is 13.8. The number of halogens is 1. The van der Waals surface area contributed by atoms with Crippen molar-refractivity contribution in [3.8, 4) is 17.2 Å². The normalized spacial score (nSPS) is 10.7. The lowest BCUT2D eigenvalue weighted by atomic mass is 10.1. The molecule has 2 aromatic rings. The molecule has 2 rings (SSSR count). The van der Waals surface area contributed by atoms with Gasteiger partial charge in [0.15, 0.2) is 17.3 Å². The number of benzene rings is 2. The van der Waals surface area contributed by atoms with Crippen LogP contribution in [0.25, 0.3) is 6.08 Å². The highest BCUT2D eigenvalue weighted by molar-refractivity contribution is 9.10. The summed E-state index contributed by atoms with van der Waals surface area (Å²) >= 11 is 3.40. The average Bonchev–Trinajstić information content (AvgIpc) is 2.53. The second-order valence-corrected chi connectivity index (χ2v) is 5.33. The van der Waals surface area contributed by atoms with Gasteiger partial charge in [-0.25, -0.2) is 0 Å². The van der Waals surface area contributed by atoms with Crippen LogP contribution in [0.15, 0.2) is 46.9 Å². The van der Waals surface area contributed by atoms with Crippen LogP contribution in [-0.4, -0.2) is 25.1 Å². The molecule has 2 aromatic carbocycles. The number of phenols is 1. The third-order valence-corrected chi connectivity index (χ3v) is 3.69. The molecule has 0 aliphatic carbocycles. The summed E-state index contributed by atoms with van der Waals surface area (Å²) in [5.41, 5.74) is 1.31. The molecule has 4 nitrogen and oxygen atoms in total. The molecule has 0 aliphatic rings. The van der Waals surface area contributed by atoms with Gasteiger partial charge in [0.25, 0.3) is 0 Å². The molecule has 0 aliphatic heterocycles. The highest BCUT2D eigenvalue weighted by atomic mass is 79.9. The van der Waals surface area contributed by atoms with Gasteiger partial charge in [0.2, 0.25) is 0 Å². The first kappa shape index (κ1) is 16.1. The summed E-state index contributed by atoms with van der Waals surface area (Å²) in [7, 11) is 3.03. The molecule has 0 radical (unpaired) electrons. The molecule has 22 heavy (non-hydrogen) atoms. The van der Waals surface area contributed by atoms with Gasteiger partial charge in [0, 0.05) is 5.56 Å². The SMILES string of the molecule is COc1cc(C(=O)/C=C/c2ccc(OC)c(Br)c2)ccc1O. The molecular weight excluding hydrogens is 348 g/mol. The van der Waals surface area contributed by atoms with Crippen molar-refractivity contribution in [2.45, 2.75) is 0 Å². The Kier molecular flexibility index (Phi) is 5.22. The fourth-order valence-corrected chi connectivity index (χ4v) is 2.44. The summed E-state index contributed by atoms with van der Waals surface area (Å²) in [6.07, 6.45) is 3.19. The fraction of sp³-hybridized carbons (Fsp3) is 0.118. The lowest BCUT2D eigenvalue weighted by molar-refractivity contribution is 0.104. The molecule has 5 heteroatoms. The van der Waals surface area contributed by atoms with Crippen molar-refractivity contribution < 1.29 is 19.4 Å². The van der Waals surface area contributed by atoms with Gasteiger partial charge in [0.05, 0.1) is 18.7 Å². The number of hydrogen-bond donors (Lipinski definition) is 1. The number of rotatable bonds is 5. The zero-order chi connectivity index (χ0) is 16.1. The first-order chi connectivity index (χ1) is 10.5. The highest BCUT2D eigenvalue weighted by Gasteiger charge is 2.07. The predicted molar refractivity (Wildman–Crippen MR) is 88.7 cm³/mol. The van der Waals surface area contributed by atoms with Crippen molar-refractivity contribution in [1.82, 2.24) is 0 Å². The Balaban J connectivity index is 2.19. The van der Waals surface area contributed by atoms with Crippen molar-refractivity contribution in [3.05, 3.63) is 58.1 Å². The molecule has 0 unspecified atom stereocenters. The minimum atomic E-state index is -0.176. The number of ether oxygens (including phenoxy) is 2. The first-order valence-electron chi connectivity index (χ1n) is 6.48. The smallest absolute Gasteiger partial charge is 0.185 e. The number of methoxy groups -OCH3 is 2. The van der Waals surface area contributed by atoms with E-state index >= 15 is 0 Å². The number of hydrogen-bond acceptors (Lipinski definition) is 4. The molecule has 0 bridgehead atoms. The van der Waals surface area contributed by atoms with Gasteiger partial charge in [0.1, 0.15) is 5.75 Å². The molecule has 0 atom stereocenters. The van der Waals surface area contributed by atoms with Crippen molar-refractivity contribution in [2.75, 3.05) is 14.2 Å². The Morgan fingerprint density at radius 1 is 1.09 bits per heavy atom. The second-order valence-electron chi connectivity index (χ2n) is 4.48. The lowest BCUT2D eigenvalue weighted by Crippen LogP contribution is -1.95. The Morgan fingerprint density at radius 3 is 2.45 bits per heavy atom. The molecule has 0 saturated heterocycles. The monoisotopic (exact) mass is 362 g/mol. The average molecular weight is 363 g/mol. The van der Waals surface area contributed by atoms with Crippen molar-refractivity contribution in [3.63, 3.8) is 0 Å². The summed E-state index contributed by atoms with van der Waals surface area (Å²) in [6, 6.07) is 10.0. The van der Waals surface area contributed by atoms with Crippen LogP contribution < -0.4 is 9.47 Å². The molecule has 1 N–H and O–H groups in total. The van der Waals surface area contributed by atoms with Gasteiger partial charge >= 0.3 is 0 Å². The minimum Gasteiger partial charge on any atom is -0.504 e. The number of carbonyl (C=O) groups is 1. The molecule has 0 saturated carbocycles. The van der Waals surface area contributed by atoms with Crippen LogP contribution in [0.2, 0.25) is 0 Å². The van der Waals surface area contributed by atoms with E-state index in [0.717, 1.165) is 15.8 Å². The van der Waals surface area contributed by atoms with Crippen LogP contribution in [-0.2, 0) is 0 Å². The first-order valence-corrected chi connectivity index (χ1v) is 7.27. The summed E-state index contributed by atoms with van der Waals surface area (Å²) in [5.74, 6) is 0.825. The lowest BCUT2D eigenvalue weighted by Gasteiger charge is -2.05. The maximum atomic E-state index is 12.1. The quantitative estimate of drug-likeness (QED) is 0.643. The Labute approximate surface area is 137 Å². The Morgan fingerprint density at radius 2 is 1.82 bits per heavy atom. The standard InChI is InChI=1S/C17H15BrO4/c1-21-16-8-4-11(9-13(16)18)3-6-14(19)12-5-7-15(20)17(10-12)22-2/h3-10,20H,1-2H3/b6-3+.